The highest BCUT2D eigenvalue weighted by Gasteiger charge is 2.21. The number of ether oxygens (including phenoxy) is 1. The molecule has 0 bridgehead atoms. The number of nitriles is 1. The highest BCUT2D eigenvalue weighted by atomic mass is 19.1. The highest BCUT2D eigenvalue weighted by Crippen LogP contribution is 2.34. The van der Waals surface area contributed by atoms with Crippen LogP contribution in [0.4, 0.5) is 10.1 Å². The zero-order chi connectivity index (χ0) is 12.4. The molecule has 0 radical (unpaired) electrons. The van der Waals surface area contributed by atoms with Gasteiger partial charge in [-0.15, -0.1) is 0 Å². The lowest BCUT2D eigenvalue weighted by molar-refractivity contribution is 0.365. The van der Waals surface area contributed by atoms with Crippen LogP contribution in [-0.2, 0) is 6.42 Å². The Labute approximate surface area is 99.5 Å². The summed E-state index contributed by atoms with van der Waals surface area (Å²) >= 11 is 0. The third-order valence-corrected chi connectivity index (χ3v) is 2.71. The van der Waals surface area contributed by atoms with Gasteiger partial charge in [0, 0.05) is 18.2 Å². The Morgan fingerprint density at radius 2 is 2.29 bits per heavy atom. The molecule has 0 aromatic heterocycles. The van der Waals surface area contributed by atoms with Gasteiger partial charge in [-0.25, -0.2) is 4.39 Å². The zero-order valence-electron chi connectivity index (χ0n) is 9.83. The summed E-state index contributed by atoms with van der Waals surface area (Å²) in [7, 11) is 0. The van der Waals surface area contributed by atoms with Crippen LogP contribution in [0.15, 0.2) is 17.1 Å². The van der Waals surface area contributed by atoms with E-state index >= 15 is 0 Å². The summed E-state index contributed by atoms with van der Waals surface area (Å²) in [5.41, 5.74) is 2.23. The Morgan fingerprint density at radius 3 is 2.94 bits per heavy atom. The molecule has 0 N–H and O–H groups in total. The monoisotopic (exact) mass is 232 g/mol. The van der Waals surface area contributed by atoms with Crippen LogP contribution < -0.4 is 4.74 Å². The molecule has 1 aromatic carbocycles. The molecule has 1 aromatic rings. The standard InChI is InChI=1S/C13H13FN2O/c1-8(2)12-6-9-5-10(17-4-3-15)7-11(14)13(9)16-12/h5,7-8H,4,6H2,1-2H3. The van der Waals surface area contributed by atoms with Crippen LogP contribution in [0.2, 0.25) is 0 Å². The van der Waals surface area contributed by atoms with Gasteiger partial charge < -0.3 is 4.74 Å². The molecule has 88 valence electrons. The van der Waals surface area contributed by atoms with E-state index in [4.69, 9.17) is 10.00 Å². The Balaban J connectivity index is 2.29. The fourth-order valence-corrected chi connectivity index (χ4v) is 1.80. The second-order valence-electron chi connectivity index (χ2n) is 4.29. The van der Waals surface area contributed by atoms with Crippen LogP contribution in [0.3, 0.4) is 0 Å². The molecule has 0 spiro atoms. The number of rotatable bonds is 3. The molecular weight excluding hydrogens is 219 g/mol. The van der Waals surface area contributed by atoms with Crippen molar-refractivity contribution in [3.05, 3.63) is 23.5 Å². The maximum Gasteiger partial charge on any atom is 0.174 e. The van der Waals surface area contributed by atoms with Gasteiger partial charge in [-0.3, -0.25) is 4.99 Å². The second-order valence-corrected chi connectivity index (χ2v) is 4.29. The Morgan fingerprint density at radius 1 is 1.53 bits per heavy atom. The van der Waals surface area contributed by atoms with Gasteiger partial charge >= 0.3 is 0 Å². The number of fused-ring (bicyclic) bond motifs is 1. The molecular formula is C13H13FN2O. The normalized spacial score (nSPS) is 13.2. The molecule has 0 saturated carbocycles. The maximum atomic E-state index is 13.7. The van der Waals surface area contributed by atoms with Gasteiger partial charge in [0.05, 0.1) is 0 Å². The van der Waals surface area contributed by atoms with Crippen LogP contribution >= 0.6 is 0 Å². The third-order valence-electron chi connectivity index (χ3n) is 2.71. The van der Waals surface area contributed by atoms with Gasteiger partial charge in [-0.2, -0.15) is 5.26 Å². The van der Waals surface area contributed by atoms with Gasteiger partial charge in [-0.1, -0.05) is 13.8 Å². The van der Waals surface area contributed by atoms with Crippen LogP contribution in [0.1, 0.15) is 19.4 Å². The summed E-state index contributed by atoms with van der Waals surface area (Å²) in [5, 5.41) is 8.41. The van der Waals surface area contributed by atoms with Crippen molar-refractivity contribution < 1.29 is 9.13 Å². The minimum Gasteiger partial charge on any atom is -0.479 e. The SMILES string of the molecule is CC(C)C1=Nc2c(F)cc(OCC#N)cc2C1. The summed E-state index contributed by atoms with van der Waals surface area (Å²) in [6.07, 6.45) is 0.660. The van der Waals surface area contributed by atoms with Crippen molar-refractivity contribution in [1.82, 2.24) is 0 Å². The fourth-order valence-electron chi connectivity index (χ4n) is 1.80. The van der Waals surface area contributed by atoms with Crippen molar-refractivity contribution >= 4 is 11.4 Å². The van der Waals surface area contributed by atoms with Gasteiger partial charge in [0.15, 0.2) is 12.4 Å². The van der Waals surface area contributed by atoms with Crippen molar-refractivity contribution in [2.45, 2.75) is 20.3 Å². The maximum absolute atomic E-state index is 13.7. The van der Waals surface area contributed by atoms with Crippen molar-refractivity contribution in [3.63, 3.8) is 0 Å². The molecule has 4 heteroatoms. The first-order valence-electron chi connectivity index (χ1n) is 5.51. The van der Waals surface area contributed by atoms with E-state index in [0.29, 0.717) is 23.8 Å². The molecule has 1 aliphatic rings. The summed E-state index contributed by atoms with van der Waals surface area (Å²) in [6, 6.07) is 4.90. The topological polar surface area (TPSA) is 45.4 Å². The molecule has 3 nitrogen and oxygen atoms in total. The number of halogens is 1. The van der Waals surface area contributed by atoms with Crippen LogP contribution in [0, 0.1) is 23.1 Å². The molecule has 0 amide bonds. The number of aliphatic imine (C=N–C) groups is 1. The van der Waals surface area contributed by atoms with Crippen LogP contribution in [-0.4, -0.2) is 12.3 Å². The molecule has 0 aliphatic carbocycles. The van der Waals surface area contributed by atoms with Gasteiger partial charge in [0.2, 0.25) is 0 Å². The van der Waals surface area contributed by atoms with E-state index < -0.39 is 0 Å². The first-order valence-corrected chi connectivity index (χ1v) is 5.51. The predicted octanol–water partition coefficient (Wildman–Crippen LogP) is 3.01. The number of hydrogen-bond donors (Lipinski definition) is 0. The van der Waals surface area contributed by atoms with E-state index in [1.807, 2.05) is 19.9 Å². The van der Waals surface area contributed by atoms with E-state index in [2.05, 4.69) is 4.99 Å². The van der Waals surface area contributed by atoms with Crippen molar-refractivity contribution in [2.24, 2.45) is 10.9 Å². The first-order chi connectivity index (χ1) is 8.11. The third kappa shape index (κ3) is 2.28. The number of benzene rings is 1. The Kier molecular flexibility index (Phi) is 3.10. The minimum atomic E-state index is -0.383. The molecule has 0 fully saturated rings. The Hall–Kier alpha value is -1.89. The summed E-state index contributed by atoms with van der Waals surface area (Å²) < 4.78 is 18.9. The molecule has 17 heavy (non-hydrogen) atoms. The fraction of sp³-hybridized carbons (Fsp3) is 0.385. The number of hydrogen-bond acceptors (Lipinski definition) is 3. The summed E-state index contributed by atoms with van der Waals surface area (Å²) in [6.45, 7) is 4.00. The zero-order valence-corrected chi connectivity index (χ0v) is 9.83. The summed E-state index contributed by atoms with van der Waals surface area (Å²) in [4.78, 5) is 4.29. The van der Waals surface area contributed by atoms with Gasteiger partial charge in [-0.05, 0) is 17.5 Å². The molecule has 2 rings (SSSR count). The Bertz CT molecular complexity index is 515. The quantitative estimate of drug-likeness (QED) is 0.804. The van der Waals surface area contributed by atoms with Crippen molar-refractivity contribution in [2.75, 3.05) is 6.61 Å². The van der Waals surface area contributed by atoms with Crippen LogP contribution in [0.5, 0.6) is 5.75 Å². The van der Waals surface area contributed by atoms with Crippen molar-refractivity contribution in [1.29, 1.82) is 5.26 Å². The lowest BCUT2D eigenvalue weighted by Crippen LogP contribution is -2.06. The molecule has 0 atom stereocenters. The van der Waals surface area contributed by atoms with Gasteiger partial charge in [0.1, 0.15) is 17.5 Å². The first kappa shape index (κ1) is 11.6. The molecule has 0 saturated heterocycles. The lowest BCUT2D eigenvalue weighted by atomic mass is 10.0. The second kappa shape index (κ2) is 4.54. The summed E-state index contributed by atoms with van der Waals surface area (Å²) in [5.74, 6) is 0.319. The van der Waals surface area contributed by atoms with E-state index in [1.165, 1.54) is 6.07 Å². The highest BCUT2D eigenvalue weighted by molar-refractivity contribution is 5.95. The average molecular weight is 232 g/mol. The van der Waals surface area contributed by atoms with E-state index in [9.17, 15) is 4.39 Å². The van der Waals surface area contributed by atoms with Gasteiger partial charge in [0.25, 0.3) is 0 Å². The lowest BCUT2D eigenvalue weighted by Gasteiger charge is -2.05. The van der Waals surface area contributed by atoms with E-state index in [-0.39, 0.29) is 12.4 Å². The molecule has 0 unspecified atom stereocenters. The minimum absolute atomic E-state index is 0.0733. The van der Waals surface area contributed by atoms with E-state index in [1.54, 1.807) is 6.07 Å². The smallest absolute Gasteiger partial charge is 0.174 e. The van der Waals surface area contributed by atoms with Crippen molar-refractivity contribution in [3.8, 4) is 11.8 Å². The number of nitrogens with zero attached hydrogens (tertiary/aromatic N) is 2. The van der Waals surface area contributed by atoms with Crippen LogP contribution in [0.25, 0.3) is 0 Å². The average Bonchev–Trinajstić information content (AvgIpc) is 2.71. The largest absolute Gasteiger partial charge is 0.479 e. The molecule has 1 heterocycles. The predicted molar refractivity (Wildman–Crippen MR) is 63.1 cm³/mol. The van der Waals surface area contributed by atoms with E-state index in [0.717, 1.165) is 11.3 Å². The molecule has 1 aliphatic heterocycles.